The van der Waals surface area contributed by atoms with E-state index in [1.165, 1.54) is 12.1 Å². The Morgan fingerprint density at radius 2 is 1.98 bits per heavy atom. The SMILES string of the molecule is CC1(C)CN(C(=O)c2ccc(NC(=O)c3cc(O[C@H](BC#CO)c4c(Cl)ccc(F)c4Cl)c(N)nn3)cc2)CCN1. The maximum Gasteiger partial charge on any atom is 0.276 e. The van der Waals surface area contributed by atoms with Crippen LogP contribution in [0.3, 0.4) is 0 Å². The molecule has 2 aromatic carbocycles. The number of nitrogen functional groups attached to an aromatic ring is 1. The van der Waals surface area contributed by atoms with Gasteiger partial charge in [0.05, 0.1) is 11.1 Å². The van der Waals surface area contributed by atoms with E-state index >= 15 is 0 Å². The fourth-order valence-electron chi connectivity index (χ4n) is 4.31. The monoisotopic (exact) mass is 598 g/mol. The number of aliphatic hydroxyl groups is 1. The molecule has 0 saturated carbocycles. The van der Waals surface area contributed by atoms with E-state index in [0.29, 0.717) is 30.9 Å². The summed E-state index contributed by atoms with van der Waals surface area (Å²) in [5.74, 6) is 0.742. The van der Waals surface area contributed by atoms with Crippen molar-refractivity contribution >= 4 is 53.8 Å². The number of piperazine rings is 1. The summed E-state index contributed by atoms with van der Waals surface area (Å²) in [6.45, 7) is 5.97. The molecule has 2 amide bonds. The van der Waals surface area contributed by atoms with Crippen molar-refractivity contribution in [3.63, 3.8) is 0 Å². The third-order valence-corrected chi connectivity index (χ3v) is 7.02. The van der Waals surface area contributed by atoms with E-state index in [9.17, 15) is 14.0 Å². The highest BCUT2D eigenvalue weighted by molar-refractivity contribution is 6.49. The minimum absolute atomic E-state index is 0.0637. The molecule has 1 fully saturated rings. The molecule has 0 unspecified atom stereocenters. The van der Waals surface area contributed by atoms with E-state index < -0.39 is 17.7 Å². The number of nitrogens with one attached hydrogen (secondary N) is 2. The summed E-state index contributed by atoms with van der Waals surface area (Å²) in [6.07, 6.45) is 1.75. The molecule has 1 aliphatic heterocycles. The van der Waals surface area contributed by atoms with Gasteiger partial charge in [0.1, 0.15) is 11.8 Å². The zero-order valence-corrected chi connectivity index (χ0v) is 23.7. The molecule has 1 saturated heterocycles. The molecular weight excluding hydrogens is 573 g/mol. The van der Waals surface area contributed by atoms with Gasteiger partial charge in [-0.25, -0.2) is 4.39 Å². The van der Waals surface area contributed by atoms with Crippen LogP contribution in [0.2, 0.25) is 10.0 Å². The molecule has 212 valence electrons. The maximum absolute atomic E-state index is 14.2. The van der Waals surface area contributed by atoms with Crippen LogP contribution < -0.4 is 21.1 Å². The van der Waals surface area contributed by atoms with Crippen molar-refractivity contribution in [2.75, 3.05) is 30.7 Å². The van der Waals surface area contributed by atoms with Crippen LogP contribution in [0.25, 0.3) is 0 Å². The van der Waals surface area contributed by atoms with Gasteiger partial charge < -0.3 is 31.1 Å². The molecule has 14 heteroatoms. The third kappa shape index (κ3) is 7.19. The predicted octanol–water partition coefficient (Wildman–Crippen LogP) is 3.39. The van der Waals surface area contributed by atoms with Crippen LogP contribution in [0, 0.1) is 17.7 Å². The van der Waals surface area contributed by atoms with Gasteiger partial charge in [-0.1, -0.05) is 23.2 Å². The molecule has 5 N–H and O–H groups in total. The highest BCUT2D eigenvalue weighted by Gasteiger charge is 2.29. The van der Waals surface area contributed by atoms with E-state index in [0.717, 1.165) is 6.07 Å². The van der Waals surface area contributed by atoms with Gasteiger partial charge in [0.2, 0.25) is 0 Å². The summed E-state index contributed by atoms with van der Waals surface area (Å²) in [5, 5.41) is 22.5. The number of aliphatic hydroxyl groups excluding tert-OH is 1. The van der Waals surface area contributed by atoms with Crippen LogP contribution in [0.1, 0.15) is 46.3 Å². The minimum atomic E-state index is -1.07. The lowest BCUT2D eigenvalue weighted by Gasteiger charge is -2.39. The van der Waals surface area contributed by atoms with Crippen molar-refractivity contribution in [1.82, 2.24) is 20.4 Å². The fourth-order valence-corrected chi connectivity index (χ4v) is 4.92. The van der Waals surface area contributed by atoms with Gasteiger partial charge in [-0.05, 0) is 50.2 Å². The summed E-state index contributed by atoms with van der Waals surface area (Å²) in [7, 11) is -0.140. The van der Waals surface area contributed by atoms with E-state index in [2.05, 4.69) is 26.7 Å². The molecule has 1 atom stereocenters. The standard InChI is InChI=1S/C27H26BCl2FN6O4/c1-27(2)14-37(11-10-33-27)26(40)15-3-5-16(6-4-15)34-25(39)19-13-20(24(32)36-35-19)41-23(28-9-12-38)21-17(29)7-8-18(31)22(21)30/h3-8,13,23,28,33,38H,10-11,14H2,1-2H3,(H2,32,36)(H,34,39)/t23-/m0/s1. The average molecular weight is 599 g/mol. The van der Waals surface area contributed by atoms with Crippen molar-refractivity contribution in [1.29, 1.82) is 0 Å². The highest BCUT2D eigenvalue weighted by atomic mass is 35.5. The minimum Gasteiger partial charge on any atom is -0.489 e. The third-order valence-electron chi connectivity index (χ3n) is 6.30. The number of rotatable bonds is 7. The Morgan fingerprint density at radius 1 is 1.24 bits per heavy atom. The highest BCUT2D eigenvalue weighted by Crippen LogP contribution is 2.35. The second-order valence-corrected chi connectivity index (χ2v) is 10.7. The number of amides is 2. The number of carbonyl (C=O) groups excluding carboxylic acids is 2. The molecule has 41 heavy (non-hydrogen) atoms. The number of ether oxygens (including phenoxy) is 1. The largest absolute Gasteiger partial charge is 0.489 e. The van der Waals surface area contributed by atoms with Crippen molar-refractivity contribution in [2.45, 2.75) is 25.4 Å². The molecule has 0 aliphatic carbocycles. The molecule has 2 heterocycles. The zero-order valence-electron chi connectivity index (χ0n) is 22.2. The lowest BCUT2D eigenvalue weighted by molar-refractivity contribution is 0.0652. The van der Waals surface area contributed by atoms with Crippen LogP contribution in [-0.4, -0.2) is 64.5 Å². The Kier molecular flexibility index (Phi) is 9.23. The summed E-state index contributed by atoms with van der Waals surface area (Å²) < 4.78 is 20.1. The van der Waals surface area contributed by atoms with E-state index in [1.807, 2.05) is 13.8 Å². The first-order chi connectivity index (χ1) is 19.5. The summed E-state index contributed by atoms with van der Waals surface area (Å²) >= 11 is 12.4. The van der Waals surface area contributed by atoms with E-state index in [4.69, 9.17) is 38.8 Å². The number of hydrogen-bond acceptors (Lipinski definition) is 8. The molecule has 1 aliphatic rings. The first-order valence-corrected chi connectivity index (χ1v) is 13.3. The van der Waals surface area contributed by atoms with Crippen LogP contribution in [0.15, 0.2) is 42.5 Å². The number of halogens is 3. The van der Waals surface area contributed by atoms with Crippen LogP contribution in [0.4, 0.5) is 15.9 Å². The van der Waals surface area contributed by atoms with Gasteiger partial charge in [-0.3, -0.25) is 9.59 Å². The van der Waals surface area contributed by atoms with Gasteiger partial charge in [-0.2, -0.15) is 0 Å². The van der Waals surface area contributed by atoms with Crippen LogP contribution >= 0.6 is 23.2 Å². The Morgan fingerprint density at radius 3 is 2.66 bits per heavy atom. The summed E-state index contributed by atoms with van der Waals surface area (Å²) in [4.78, 5) is 27.7. The Bertz CT molecular complexity index is 1530. The maximum atomic E-state index is 14.2. The van der Waals surface area contributed by atoms with Gasteiger partial charge in [0.25, 0.3) is 19.1 Å². The molecule has 0 bridgehead atoms. The van der Waals surface area contributed by atoms with Crippen molar-refractivity contribution in [2.24, 2.45) is 0 Å². The molecule has 3 aromatic rings. The Balaban J connectivity index is 1.50. The van der Waals surface area contributed by atoms with Crippen molar-refractivity contribution < 1.29 is 23.8 Å². The molecule has 0 spiro atoms. The molecule has 0 radical (unpaired) electrons. The quantitative estimate of drug-likeness (QED) is 0.184. The smallest absolute Gasteiger partial charge is 0.276 e. The average Bonchev–Trinajstić information content (AvgIpc) is 2.94. The lowest BCUT2D eigenvalue weighted by Crippen LogP contribution is -2.58. The number of nitrogens with zero attached hydrogens (tertiary/aromatic N) is 3. The van der Waals surface area contributed by atoms with Crippen molar-refractivity contribution in [3.05, 3.63) is 75.1 Å². The van der Waals surface area contributed by atoms with Gasteiger partial charge in [-0.15, -0.1) is 16.0 Å². The molecule has 4 rings (SSSR count). The van der Waals surface area contributed by atoms with Crippen LogP contribution in [0.5, 0.6) is 5.75 Å². The number of anilines is 2. The second kappa shape index (κ2) is 12.6. The zero-order chi connectivity index (χ0) is 29.7. The number of aromatic nitrogens is 2. The molecule has 10 nitrogen and oxygen atoms in total. The van der Waals surface area contributed by atoms with Crippen molar-refractivity contribution in [3.8, 4) is 17.7 Å². The van der Waals surface area contributed by atoms with E-state index in [1.54, 1.807) is 35.3 Å². The second-order valence-electron chi connectivity index (χ2n) is 9.90. The fraction of sp³-hybridized carbons (Fsp3) is 0.259. The Hall–Kier alpha value is -4.05. The number of hydrogen-bond donors (Lipinski definition) is 4. The van der Waals surface area contributed by atoms with Gasteiger partial charge >= 0.3 is 0 Å². The van der Waals surface area contributed by atoms with Gasteiger partial charge in [0.15, 0.2) is 17.3 Å². The number of carbonyl (C=O) groups is 2. The molecule has 1 aromatic heterocycles. The van der Waals surface area contributed by atoms with Gasteiger partial charge in [0, 0.05) is 53.1 Å². The lowest BCUT2D eigenvalue weighted by atomic mass is 9.69. The Labute approximate surface area is 246 Å². The first kappa shape index (κ1) is 29.9. The van der Waals surface area contributed by atoms with E-state index in [-0.39, 0.29) is 51.6 Å². The molecular formula is C27H26BCl2FN6O4. The number of benzene rings is 2. The normalized spacial score (nSPS) is 14.8. The summed E-state index contributed by atoms with van der Waals surface area (Å²) in [6, 6.07) is 9.07. The summed E-state index contributed by atoms with van der Waals surface area (Å²) in [5.41, 5.74) is 6.61. The number of nitrogens with two attached hydrogens (primary N) is 1. The predicted molar refractivity (Wildman–Crippen MR) is 155 cm³/mol. The topological polar surface area (TPSA) is 143 Å². The van der Waals surface area contributed by atoms with Crippen LogP contribution in [-0.2, 0) is 0 Å². The first-order valence-electron chi connectivity index (χ1n) is 12.5.